The van der Waals surface area contributed by atoms with E-state index >= 15 is 0 Å². The van der Waals surface area contributed by atoms with E-state index in [2.05, 4.69) is 0 Å². The SMILES string of the molecule is CC1(C)CC(C(Cc2ccccc2F)C(=O)O)C(C)(C)O1. The quantitative estimate of drug-likeness (QED) is 0.921. The Balaban J connectivity index is 2.28. The molecule has 1 aromatic carbocycles. The Bertz CT molecular complexity index is 537. The first-order valence-corrected chi connectivity index (χ1v) is 7.29. The predicted molar refractivity (Wildman–Crippen MR) is 78.6 cm³/mol. The van der Waals surface area contributed by atoms with Crippen LogP contribution in [0, 0.1) is 17.7 Å². The first-order chi connectivity index (χ1) is 9.62. The molecule has 1 fully saturated rings. The van der Waals surface area contributed by atoms with Crippen molar-refractivity contribution in [2.45, 2.75) is 51.7 Å². The maximum Gasteiger partial charge on any atom is 0.307 e. The molecule has 0 bridgehead atoms. The highest BCUT2D eigenvalue weighted by Gasteiger charge is 2.50. The van der Waals surface area contributed by atoms with Crippen LogP contribution in [0.15, 0.2) is 24.3 Å². The molecule has 2 atom stereocenters. The monoisotopic (exact) mass is 294 g/mol. The molecule has 1 heterocycles. The summed E-state index contributed by atoms with van der Waals surface area (Å²) in [6.07, 6.45) is 0.848. The molecule has 2 unspecified atom stereocenters. The number of aliphatic carboxylic acids is 1. The van der Waals surface area contributed by atoms with E-state index in [0.29, 0.717) is 12.0 Å². The number of carboxylic acids is 1. The van der Waals surface area contributed by atoms with E-state index in [-0.39, 0.29) is 23.8 Å². The fourth-order valence-corrected chi connectivity index (χ4v) is 3.53. The van der Waals surface area contributed by atoms with Crippen molar-refractivity contribution >= 4 is 5.97 Å². The average Bonchev–Trinajstić information content (AvgIpc) is 2.55. The fraction of sp³-hybridized carbons (Fsp3) is 0.588. The second kappa shape index (κ2) is 5.41. The molecule has 4 heteroatoms. The molecule has 116 valence electrons. The number of hydrogen-bond acceptors (Lipinski definition) is 2. The largest absolute Gasteiger partial charge is 0.481 e. The molecule has 1 saturated heterocycles. The van der Waals surface area contributed by atoms with E-state index in [0.717, 1.165) is 0 Å². The van der Waals surface area contributed by atoms with Crippen LogP contribution in [0.2, 0.25) is 0 Å². The van der Waals surface area contributed by atoms with Crippen LogP contribution in [0.3, 0.4) is 0 Å². The van der Waals surface area contributed by atoms with Gasteiger partial charge in [-0.2, -0.15) is 0 Å². The molecule has 0 radical (unpaired) electrons. The minimum Gasteiger partial charge on any atom is -0.481 e. The van der Waals surface area contributed by atoms with Gasteiger partial charge in [0.25, 0.3) is 0 Å². The third kappa shape index (κ3) is 3.43. The van der Waals surface area contributed by atoms with Crippen LogP contribution in [0.4, 0.5) is 4.39 Å². The van der Waals surface area contributed by atoms with Gasteiger partial charge in [-0.25, -0.2) is 4.39 Å². The maximum absolute atomic E-state index is 13.8. The van der Waals surface area contributed by atoms with Gasteiger partial charge in [0, 0.05) is 5.92 Å². The number of benzene rings is 1. The molecule has 3 nitrogen and oxygen atoms in total. The van der Waals surface area contributed by atoms with Gasteiger partial charge >= 0.3 is 5.97 Å². The Morgan fingerprint density at radius 2 is 2.00 bits per heavy atom. The predicted octanol–water partition coefficient (Wildman–Crippen LogP) is 3.66. The standard InChI is InChI=1S/C17H23FO3/c1-16(2)10-13(17(3,4)21-16)12(15(19)20)9-11-7-5-6-8-14(11)18/h5-8,12-13H,9-10H2,1-4H3,(H,19,20). The van der Waals surface area contributed by atoms with Crippen molar-refractivity contribution in [3.8, 4) is 0 Å². The van der Waals surface area contributed by atoms with Gasteiger partial charge in [-0.15, -0.1) is 0 Å². The van der Waals surface area contributed by atoms with E-state index in [1.807, 2.05) is 27.7 Å². The molecule has 0 spiro atoms. The van der Waals surface area contributed by atoms with E-state index < -0.39 is 17.5 Å². The summed E-state index contributed by atoms with van der Waals surface area (Å²) in [7, 11) is 0. The third-order valence-corrected chi connectivity index (χ3v) is 4.34. The van der Waals surface area contributed by atoms with Crippen LogP contribution in [0.5, 0.6) is 0 Å². The first kappa shape index (κ1) is 16.0. The molecular formula is C17H23FO3. The van der Waals surface area contributed by atoms with E-state index in [1.165, 1.54) is 6.07 Å². The number of hydrogen-bond donors (Lipinski definition) is 1. The second-order valence-electron chi connectivity index (χ2n) is 7.02. The van der Waals surface area contributed by atoms with Gasteiger partial charge in [0.2, 0.25) is 0 Å². The molecular weight excluding hydrogens is 271 g/mol. The van der Waals surface area contributed by atoms with Crippen molar-refractivity contribution in [1.29, 1.82) is 0 Å². The van der Waals surface area contributed by atoms with E-state index in [9.17, 15) is 14.3 Å². The summed E-state index contributed by atoms with van der Waals surface area (Å²) in [6, 6.07) is 6.37. The zero-order chi connectivity index (χ0) is 15.8. The summed E-state index contributed by atoms with van der Waals surface area (Å²) in [4.78, 5) is 11.7. The first-order valence-electron chi connectivity index (χ1n) is 7.29. The van der Waals surface area contributed by atoms with Crippen LogP contribution in [0.1, 0.15) is 39.7 Å². The van der Waals surface area contributed by atoms with Crippen molar-refractivity contribution < 1.29 is 19.0 Å². The van der Waals surface area contributed by atoms with Crippen molar-refractivity contribution in [2.75, 3.05) is 0 Å². The summed E-state index contributed by atoms with van der Waals surface area (Å²) >= 11 is 0. The zero-order valence-electron chi connectivity index (χ0n) is 13.0. The fourth-order valence-electron chi connectivity index (χ4n) is 3.53. The lowest BCUT2D eigenvalue weighted by Crippen LogP contribution is -2.38. The van der Waals surface area contributed by atoms with Crippen LogP contribution in [-0.4, -0.2) is 22.3 Å². The lowest BCUT2D eigenvalue weighted by atomic mass is 9.75. The molecule has 21 heavy (non-hydrogen) atoms. The van der Waals surface area contributed by atoms with Crippen LogP contribution >= 0.6 is 0 Å². The van der Waals surface area contributed by atoms with Crippen molar-refractivity contribution in [3.63, 3.8) is 0 Å². The van der Waals surface area contributed by atoms with Crippen molar-refractivity contribution in [1.82, 2.24) is 0 Å². The summed E-state index contributed by atoms with van der Waals surface area (Å²) in [6.45, 7) is 7.78. The van der Waals surface area contributed by atoms with Crippen LogP contribution in [0.25, 0.3) is 0 Å². The maximum atomic E-state index is 13.8. The average molecular weight is 294 g/mol. The normalized spacial score (nSPS) is 24.7. The smallest absolute Gasteiger partial charge is 0.307 e. The second-order valence-corrected chi connectivity index (χ2v) is 7.02. The van der Waals surface area contributed by atoms with Crippen molar-refractivity contribution in [2.24, 2.45) is 11.8 Å². The lowest BCUT2D eigenvalue weighted by molar-refractivity contribution is -0.147. The summed E-state index contributed by atoms with van der Waals surface area (Å²) in [5, 5.41) is 9.61. The van der Waals surface area contributed by atoms with Gasteiger partial charge in [-0.3, -0.25) is 4.79 Å². The van der Waals surface area contributed by atoms with Crippen molar-refractivity contribution in [3.05, 3.63) is 35.6 Å². The highest BCUT2D eigenvalue weighted by atomic mass is 19.1. The summed E-state index contributed by atoms with van der Waals surface area (Å²) < 4.78 is 19.8. The molecule has 0 saturated carbocycles. The highest BCUT2D eigenvalue weighted by molar-refractivity contribution is 5.71. The van der Waals surface area contributed by atoms with Crippen LogP contribution in [-0.2, 0) is 16.0 Å². The van der Waals surface area contributed by atoms with Crippen LogP contribution < -0.4 is 0 Å². The van der Waals surface area contributed by atoms with Gasteiger partial charge in [0.1, 0.15) is 5.82 Å². The molecule has 0 aromatic heterocycles. The number of carbonyl (C=O) groups is 1. The number of rotatable bonds is 4. The van der Waals surface area contributed by atoms with Gasteiger partial charge < -0.3 is 9.84 Å². The minimum atomic E-state index is -0.891. The number of ether oxygens (including phenoxy) is 1. The summed E-state index contributed by atoms with van der Waals surface area (Å²) in [5.41, 5.74) is -0.431. The molecule has 2 rings (SSSR count). The van der Waals surface area contributed by atoms with Gasteiger partial charge in [-0.1, -0.05) is 18.2 Å². The van der Waals surface area contributed by atoms with E-state index in [1.54, 1.807) is 18.2 Å². The Kier molecular flexibility index (Phi) is 4.11. The number of halogens is 1. The lowest BCUT2D eigenvalue weighted by Gasteiger charge is -2.31. The minimum absolute atomic E-state index is 0.149. The highest BCUT2D eigenvalue weighted by Crippen LogP contribution is 2.46. The van der Waals surface area contributed by atoms with Gasteiger partial charge in [0.15, 0.2) is 0 Å². The molecule has 0 aliphatic carbocycles. The number of carboxylic acid groups (broad SMARTS) is 1. The topological polar surface area (TPSA) is 46.5 Å². The molecule has 1 aromatic rings. The zero-order valence-corrected chi connectivity index (χ0v) is 13.0. The summed E-state index contributed by atoms with van der Waals surface area (Å²) in [5.74, 6) is -2.04. The molecule has 1 aliphatic heterocycles. The van der Waals surface area contributed by atoms with E-state index in [4.69, 9.17) is 4.74 Å². The third-order valence-electron chi connectivity index (χ3n) is 4.34. The molecule has 0 amide bonds. The van der Waals surface area contributed by atoms with Gasteiger partial charge in [-0.05, 0) is 52.2 Å². The molecule has 1 N–H and O–H groups in total. The Labute approximate surface area is 125 Å². The Morgan fingerprint density at radius 1 is 1.38 bits per heavy atom. The molecule has 1 aliphatic rings. The van der Waals surface area contributed by atoms with Gasteiger partial charge in [0.05, 0.1) is 17.1 Å². The Morgan fingerprint density at radius 3 is 2.48 bits per heavy atom. The Hall–Kier alpha value is -1.42.